The molecule has 0 saturated carbocycles. The highest BCUT2D eigenvalue weighted by atomic mass is 16.5. The Morgan fingerprint density at radius 1 is 1.85 bits per heavy atom. The number of carbonyl (C=O) groups is 1. The first-order valence-electron chi connectivity index (χ1n) is 4.54. The number of nitriles is 1. The number of allylic oxidation sites excluding steroid dienone is 1. The summed E-state index contributed by atoms with van der Waals surface area (Å²) in [5, 5.41) is 8.79. The van der Waals surface area contributed by atoms with Gasteiger partial charge in [0.25, 0.3) is 0 Å². The molecule has 1 aliphatic rings. The first kappa shape index (κ1) is 9.79. The summed E-state index contributed by atoms with van der Waals surface area (Å²) >= 11 is 0. The summed E-state index contributed by atoms with van der Waals surface area (Å²) in [5.41, 5.74) is 0.931. The maximum Gasteiger partial charge on any atom is 0.327 e. The molecule has 0 aliphatic heterocycles. The number of esters is 1. The topological polar surface area (TPSA) is 50.1 Å². The molecule has 0 radical (unpaired) electrons. The Morgan fingerprint density at radius 3 is 3.08 bits per heavy atom. The summed E-state index contributed by atoms with van der Waals surface area (Å²) in [6.45, 7) is 2.08. The fourth-order valence-electron chi connectivity index (χ4n) is 1.47. The van der Waals surface area contributed by atoms with Crippen LogP contribution in [0.3, 0.4) is 0 Å². The third-order valence-corrected chi connectivity index (χ3v) is 2.10. The SMILES string of the molecule is CCOC(=O)C(C#N)C1=CCCC1. The van der Waals surface area contributed by atoms with Gasteiger partial charge in [-0.3, -0.25) is 4.79 Å². The van der Waals surface area contributed by atoms with Crippen LogP contribution in [0.15, 0.2) is 11.6 Å². The van der Waals surface area contributed by atoms with E-state index in [0.29, 0.717) is 6.61 Å². The van der Waals surface area contributed by atoms with E-state index >= 15 is 0 Å². The number of hydrogen-bond donors (Lipinski definition) is 0. The molecule has 1 rings (SSSR count). The molecule has 0 aromatic rings. The van der Waals surface area contributed by atoms with Gasteiger partial charge >= 0.3 is 5.97 Å². The summed E-state index contributed by atoms with van der Waals surface area (Å²) in [7, 11) is 0. The summed E-state index contributed by atoms with van der Waals surface area (Å²) in [6, 6.07) is 1.99. The van der Waals surface area contributed by atoms with Crippen molar-refractivity contribution in [3.05, 3.63) is 11.6 Å². The second kappa shape index (κ2) is 4.66. The van der Waals surface area contributed by atoms with Crippen LogP contribution in [-0.4, -0.2) is 12.6 Å². The van der Waals surface area contributed by atoms with Gasteiger partial charge < -0.3 is 4.74 Å². The molecule has 0 saturated heterocycles. The number of ether oxygens (including phenoxy) is 1. The van der Waals surface area contributed by atoms with Crippen molar-refractivity contribution in [3.63, 3.8) is 0 Å². The van der Waals surface area contributed by atoms with Crippen LogP contribution in [-0.2, 0) is 9.53 Å². The van der Waals surface area contributed by atoms with Crippen molar-refractivity contribution in [1.29, 1.82) is 5.26 Å². The molecule has 1 atom stereocenters. The minimum absolute atomic E-state index is 0.338. The van der Waals surface area contributed by atoms with Crippen molar-refractivity contribution >= 4 is 5.97 Å². The number of hydrogen-bond acceptors (Lipinski definition) is 3. The minimum atomic E-state index is -0.664. The van der Waals surface area contributed by atoms with Crippen molar-refractivity contribution in [1.82, 2.24) is 0 Å². The predicted molar refractivity (Wildman–Crippen MR) is 47.7 cm³/mol. The Labute approximate surface area is 78.0 Å². The Kier molecular flexibility index (Phi) is 3.51. The van der Waals surface area contributed by atoms with Crippen LogP contribution in [0.2, 0.25) is 0 Å². The van der Waals surface area contributed by atoms with E-state index in [2.05, 4.69) is 0 Å². The molecule has 3 heteroatoms. The van der Waals surface area contributed by atoms with Gasteiger partial charge in [0.05, 0.1) is 12.7 Å². The number of carbonyl (C=O) groups excluding carboxylic acids is 1. The van der Waals surface area contributed by atoms with Gasteiger partial charge in [0.1, 0.15) is 0 Å². The summed E-state index contributed by atoms with van der Waals surface area (Å²) < 4.78 is 4.81. The Morgan fingerprint density at radius 2 is 2.62 bits per heavy atom. The maximum absolute atomic E-state index is 11.3. The molecule has 0 aromatic carbocycles. The van der Waals surface area contributed by atoms with E-state index in [4.69, 9.17) is 10.00 Å². The van der Waals surface area contributed by atoms with Gasteiger partial charge in [0.2, 0.25) is 0 Å². The molecule has 0 N–H and O–H groups in total. The van der Waals surface area contributed by atoms with Crippen LogP contribution in [0.1, 0.15) is 26.2 Å². The zero-order chi connectivity index (χ0) is 9.68. The molecule has 1 unspecified atom stereocenters. The van der Waals surface area contributed by atoms with Gasteiger partial charge in [-0.05, 0) is 31.8 Å². The van der Waals surface area contributed by atoms with Crippen LogP contribution in [0.5, 0.6) is 0 Å². The fraction of sp³-hybridized carbons (Fsp3) is 0.600. The van der Waals surface area contributed by atoms with Crippen LogP contribution in [0, 0.1) is 17.2 Å². The van der Waals surface area contributed by atoms with Crippen molar-refractivity contribution in [3.8, 4) is 6.07 Å². The van der Waals surface area contributed by atoms with E-state index in [-0.39, 0.29) is 0 Å². The van der Waals surface area contributed by atoms with Crippen molar-refractivity contribution in [2.45, 2.75) is 26.2 Å². The van der Waals surface area contributed by atoms with E-state index < -0.39 is 11.9 Å². The predicted octanol–water partition coefficient (Wildman–Crippen LogP) is 1.80. The molecule has 1 aliphatic carbocycles. The van der Waals surface area contributed by atoms with Gasteiger partial charge in [0, 0.05) is 0 Å². The number of nitrogens with zero attached hydrogens (tertiary/aromatic N) is 1. The molecule has 0 heterocycles. The molecule has 0 fully saturated rings. The highest BCUT2D eigenvalue weighted by molar-refractivity contribution is 5.78. The lowest BCUT2D eigenvalue weighted by molar-refractivity contribution is -0.144. The van der Waals surface area contributed by atoms with E-state index in [1.54, 1.807) is 6.92 Å². The standard InChI is InChI=1S/C10H13NO2/c1-2-13-10(12)9(7-11)8-5-3-4-6-8/h5,9H,2-4,6H2,1H3. The highest BCUT2D eigenvalue weighted by Crippen LogP contribution is 2.25. The van der Waals surface area contributed by atoms with Gasteiger partial charge in [-0.2, -0.15) is 5.26 Å². The van der Waals surface area contributed by atoms with Gasteiger partial charge in [-0.1, -0.05) is 6.08 Å². The smallest absolute Gasteiger partial charge is 0.327 e. The molecule has 70 valence electrons. The van der Waals surface area contributed by atoms with Crippen LogP contribution >= 0.6 is 0 Å². The highest BCUT2D eigenvalue weighted by Gasteiger charge is 2.24. The fourth-order valence-corrected chi connectivity index (χ4v) is 1.47. The van der Waals surface area contributed by atoms with Crippen molar-refractivity contribution < 1.29 is 9.53 Å². The summed E-state index contributed by atoms with van der Waals surface area (Å²) in [6.07, 6.45) is 4.86. The third-order valence-electron chi connectivity index (χ3n) is 2.10. The molecule has 0 aromatic heterocycles. The molecular weight excluding hydrogens is 166 g/mol. The Hall–Kier alpha value is -1.30. The molecule has 0 amide bonds. The third kappa shape index (κ3) is 2.32. The first-order chi connectivity index (χ1) is 6.29. The summed E-state index contributed by atoms with van der Waals surface area (Å²) in [5.74, 6) is -1.07. The van der Waals surface area contributed by atoms with Crippen molar-refractivity contribution in [2.75, 3.05) is 6.61 Å². The Bertz CT molecular complexity index is 263. The Balaban J connectivity index is 2.62. The van der Waals surface area contributed by atoms with E-state index in [9.17, 15) is 4.79 Å². The molecule has 3 nitrogen and oxygen atoms in total. The molecular formula is C10H13NO2. The second-order valence-corrected chi connectivity index (χ2v) is 2.99. The molecule has 0 bridgehead atoms. The minimum Gasteiger partial charge on any atom is -0.465 e. The van der Waals surface area contributed by atoms with Gasteiger partial charge in [-0.25, -0.2) is 0 Å². The average molecular weight is 179 g/mol. The lowest BCUT2D eigenvalue weighted by Gasteiger charge is -2.08. The quantitative estimate of drug-likeness (QED) is 0.490. The average Bonchev–Trinajstić information content (AvgIpc) is 2.59. The van der Waals surface area contributed by atoms with E-state index in [0.717, 1.165) is 24.8 Å². The molecule has 13 heavy (non-hydrogen) atoms. The zero-order valence-electron chi connectivity index (χ0n) is 7.75. The van der Waals surface area contributed by atoms with Gasteiger partial charge in [0.15, 0.2) is 5.92 Å². The monoisotopic (exact) mass is 179 g/mol. The van der Waals surface area contributed by atoms with E-state index in [1.165, 1.54) is 0 Å². The van der Waals surface area contributed by atoms with Crippen molar-refractivity contribution in [2.24, 2.45) is 5.92 Å². The number of rotatable bonds is 3. The first-order valence-corrected chi connectivity index (χ1v) is 4.54. The second-order valence-electron chi connectivity index (χ2n) is 2.99. The summed E-state index contributed by atoms with van der Waals surface area (Å²) in [4.78, 5) is 11.3. The largest absolute Gasteiger partial charge is 0.465 e. The lowest BCUT2D eigenvalue weighted by Crippen LogP contribution is -2.17. The van der Waals surface area contributed by atoms with Gasteiger partial charge in [-0.15, -0.1) is 0 Å². The van der Waals surface area contributed by atoms with E-state index in [1.807, 2.05) is 12.1 Å². The molecule has 0 spiro atoms. The lowest BCUT2D eigenvalue weighted by atomic mass is 10.0. The zero-order valence-corrected chi connectivity index (χ0v) is 7.75. The maximum atomic E-state index is 11.3. The van der Waals surface area contributed by atoms with Crippen LogP contribution in [0.25, 0.3) is 0 Å². The van der Waals surface area contributed by atoms with Crippen LogP contribution in [0.4, 0.5) is 0 Å². The van der Waals surface area contributed by atoms with Crippen LogP contribution < -0.4 is 0 Å². The normalized spacial score (nSPS) is 17.4.